The molecule has 1 saturated heterocycles. The van der Waals surface area contributed by atoms with Crippen molar-refractivity contribution in [1.29, 1.82) is 0 Å². The third-order valence-corrected chi connectivity index (χ3v) is 4.22. The minimum absolute atomic E-state index is 0.104. The van der Waals surface area contributed by atoms with Crippen LogP contribution in [0.4, 0.5) is 8.78 Å². The van der Waals surface area contributed by atoms with Crippen molar-refractivity contribution in [2.45, 2.75) is 44.9 Å². The van der Waals surface area contributed by atoms with Gasteiger partial charge in [0.15, 0.2) is 0 Å². The van der Waals surface area contributed by atoms with E-state index in [9.17, 15) is 13.9 Å². The summed E-state index contributed by atoms with van der Waals surface area (Å²) in [6.07, 6.45) is 2.25. The fourth-order valence-electron chi connectivity index (χ4n) is 2.68. The molecule has 0 bridgehead atoms. The van der Waals surface area contributed by atoms with Crippen molar-refractivity contribution < 1.29 is 13.9 Å². The lowest BCUT2D eigenvalue weighted by molar-refractivity contribution is 0.129. The van der Waals surface area contributed by atoms with Crippen LogP contribution in [0.15, 0.2) is 16.6 Å². The Morgan fingerprint density at radius 2 is 2.21 bits per heavy atom. The highest BCUT2D eigenvalue weighted by Gasteiger charge is 2.27. The average Bonchev–Trinajstić information content (AvgIpc) is 2.76. The molecule has 0 aliphatic carbocycles. The van der Waals surface area contributed by atoms with E-state index >= 15 is 0 Å². The van der Waals surface area contributed by atoms with E-state index in [-0.39, 0.29) is 28.7 Å². The van der Waals surface area contributed by atoms with Crippen LogP contribution in [0, 0.1) is 11.6 Å². The summed E-state index contributed by atoms with van der Waals surface area (Å²) in [4.78, 5) is 2.06. The van der Waals surface area contributed by atoms with Gasteiger partial charge in [-0.3, -0.25) is 4.90 Å². The Hall–Kier alpha value is -0.520. The molecular formula is C14H18BrF2NO. The number of hydrogen-bond acceptors (Lipinski definition) is 2. The summed E-state index contributed by atoms with van der Waals surface area (Å²) in [6.45, 7) is 2.83. The van der Waals surface area contributed by atoms with Crippen LogP contribution in [0.1, 0.15) is 31.7 Å². The van der Waals surface area contributed by atoms with Crippen LogP contribution >= 0.6 is 15.9 Å². The number of rotatable bonds is 4. The highest BCUT2D eigenvalue weighted by atomic mass is 79.9. The fourth-order valence-corrected chi connectivity index (χ4v) is 3.05. The van der Waals surface area contributed by atoms with Crippen LogP contribution in [-0.2, 0) is 6.54 Å². The summed E-state index contributed by atoms with van der Waals surface area (Å²) in [5.41, 5.74) is 0.104. The van der Waals surface area contributed by atoms with Gasteiger partial charge in [0.1, 0.15) is 11.6 Å². The Bertz CT molecular complexity index is 453. The zero-order valence-electron chi connectivity index (χ0n) is 10.9. The first-order valence-electron chi connectivity index (χ1n) is 6.53. The second kappa shape index (κ2) is 6.29. The van der Waals surface area contributed by atoms with Gasteiger partial charge in [-0.25, -0.2) is 8.78 Å². The molecule has 1 N–H and O–H groups in total. The predicted molar refractivity (Wildman–Crippen MR) is 73.8 cm³/mol. The number of halogens is 3. The van der Waals surface area contributed by atoms with E-state index in [1.165, 1.54) is 12.1 Å². The molecule has 0 radical (unpaired) electrons. The number of aliphatic hydroxyl groups excluding tert-OH is 1. The lowest BCUT2D eigenvalue weighted by atomic mass is 10.1. The van der Waals surface area contributed by atoms with Crippen molar-refractivity contribution in [3.05, 3.63) is 33.8 Å². The SMILES string of the molecule is CC(O)CC1CCCN1Cc1c(F)ccc(Br)c1F. The van der Waals surface area contributed by atoms with Gasteiger partial charge in [-0.2, -0.15) is 0 Å². The molecule has 19 heavy (non-hydrogen) atoms. The standard InChI is InChI=1S/C14H18BrF2NO/c1-9(19)7-10-3-2-6-18(10)8-11-13(16)5-4-12(15)14(11)17/h4-5,9-10,19H,2-3,6-8H2,1H3. The average molecular weight is 334 g/mol. The first-order valence-corrected chi connectivity index (χ1v) is 7.33. The second-order valence-electron chi connectivity index (χ2n) is 5.17. The molecule has 0 aromatic heterocycles. The third-order valence-electron chi connectivity index (χ3n) is 3.61. The van der Waals surface area contributed by atoms with Gasteiger partial charge >= 0.3 is 0 Å². The number of likely N-dealkylation sites (tertiary alicyclic amines) is 1. The molecule has 1 aromatic carbocycles. The molecule has 0 saturated carbocycles. The molecule has 2 atom stereocenters. The van der Waals surface area contributed by atoms with Crippen LogP contribution < -0.4 is 0 Å². The first kappa shape index (κ1) is 14.9. The van der Waals surface area contributed by atoms with Crippen molar-refractivity contribution in [3.63, 3.8) is 0 Å². The molecule has 2 nitrogen and oxygen atoms in total. The molecule has 2 unspecified atom stereocenters. The summed E-state index contributed by atoms with van der Waals surface area (Å²) in [7, 11) is 0. The van der Waals surface area contributed by atoms with Crippen LogP contribution in [0.2, 0.25) is 0 Å². The first-order chi connectivity index (χ1) is 8.99. The highest BCUT2D eigenvalue weighted by Crippen LogP contribution is 2.27. The summed E-state index contributed by atoms with van der Waals surface area (Å²) in [5, 5.41) is 9.47. The summed E-state index contributed by atoms with van der Waals surface area (Å²) in [6, 6.07) is 2.87. The number of nitrogens with zero attached hydrogens (tertiary/aromatic N) is 1. The molecule has 5 heteroatoms. The normalized spacial score (nSPS) is 21.8. The lowest BCUT2D eigenvalue weighted by Gasteiger charge is -2.26. The van der Waals surface area contributed by atoms with Crippen LogP contribution in [0.3, 0.4) is 0 Å². The van der Waals surface area contributed by atoms with Crippen molar-refractivity contribution in [2.75, 3.05) is 6.54 Å². The van der Waals surface area contributed by atoms with Crippen molar-refractivity contribution in [3.8, 4) is 0 Å². The topological polar surface area (TPSA) is 23.5 Å². The lowest BCUT2D eigenvalue weighted by Crippen LogP contribution is -2.32. The van der Waals surface area contributed by atoms with Gasteiger partial charge < -0.3 is 5.11 Å². The Labute approximate surface area is 120 Å². The second-order valence-corrected chi connectivity index (χ2v) is 6.03. The number of hydrogen-bond donors (Lipinski definition) is 1. The van der Waals surface area contributed by atoms with Gasteiger partial charge in [0.05, 0.1) is 10.6 Å². The zero-order chi connectivity index (χ0) is 14.0. The molecule has 1 aliphatic rings. The van der Waals surface area contributed by atoms with Gasteiger partial charge in [0, 0.05) is 18.2 Å². The predicted octanol–water partition coefficient (Wildman–Crippen LogP) is 3.46. The van der Waals surface area contributed by atoms with E-state index in [2.05, 4.69) is 20.8 Å². The van der Waals surface area contributed by atoms with Crippen molar-refractivity contribution in [1.82, 2.24) is 4.90 Å². The van der Waals surface area contributed by atoms with Gasteiger partial charge in [-0.1, -0.05) is 0 Å². The summed E-state index contributed by atoms with van der Waals surface area (Å²) >= 11 is 3.08. The van der Waals surface area contributed by atoms with E-state index < -0.39 is 11.6 Å². The summed E-state index contributed by atoms with van der Waals surface area (Å²) < 4.78 is 28.0. The third kappa shape index (κ3) is 3.52. The largest absolute Gasteiger partial charge is 0.393 e. The Balaban J connectivity index is 2.14. The molecule has 1 fully saturated rings. The molecular weight excluding hydrogens is 316 g/mol. The van der Waals surface area contributed by atoms with E-state index in [0.29, 0.717) is 6.42 Å². The van der Waals surface area contributed by atoms with Gasteiger partial charge in [0.2, 0.25) is 0 Å². The van der Waals surface area contributed by atoms with E-state index in [1.54, 1.807) is 6.92 Å². The maximum absolute atomic E-state index is 13.9. The van der Waals surface area contributed by atoms with Gasteiger partial charge in [0.25, 0.3) is 0 Å². The molecule has 1 aromatic rings. The number of aliphatic hydroxyl groups is 1. The summed E-state index contributed by atoms with van der Waals surface area (Å²) in [5.74, 6) is -1.04. The monoisotopic (exact) mass is 333 g/mol. The molecule has 0 amide bonds. The van der Waals surface area contributed by atoms with Crippen molar-refractivity contribution >= 4 is 15.9 Å². The zero-order valence-corrected chi connectivity index (χ0v) is 12.5. The maximum Gasteiger partial charge on any atom is 0.144 e. The molecule has 0 spiro atoms. The number of benzene rings is 1. The van der Waals surface area contributed by atoms with Crippen molar-refractivity contribution in [2.24, 2.45) is 0 Å². The van der Waals surface area contributed by atoms with Crippen LogP contribution in [0.5, 0.6) is 0 Å². The van der Waals surface area contributed by atoms with E-state index in [1.807, 2.05) is 0 Å². The van der Waals surface area contributed by atoms with Crippen LogP contribution in [0.25, 0.3) is 0 Å². The fraction of sp³-hybridized carbons (Fsp3) is 0.571. The Morgan fingerprint density at radius 3 is 2.89 bits per heavy atom. The minimum atomic E-state index is -0.525. The maximum atomic E-state index is 13.9. The highest BCUT2D eigenvalue weighted by molar-refractivity contribution is 9.10. The Morgan fingerprint density at radius 1 is 1.47 bits per heavy atom. The quantitative estimate of drug-likeness (QED) is 0.853. The molecule has 1 aliphatic heterocycles. The molecule has 106 valence electrons. The molecule has 1 heterocycles. The van der Waals surface area contributed by atoms with Crippen LogP contribution in [-0.4, -0.2) is 28.7 Å². The van der Waals surface area contributed by atoms with Gasteiger partial charge in [-0.15, -0.1) is 0 Å². The molecule has 2 rings (SSSR count). The van der Waals surface area contributed by atoms with E-state index in [4.69, 9.17) is 0 Å². The minimum Gasteiger partial charge on any atom is -0.393 e. The van der Waals surface area contributed by atoms with E-state index in [0.717, 1.165) is 19.4 Å². The van der Waals surface area contributed by atoms with Gasteiger partial charge in [-0.05, 0) is 60.8 Å². The Kier molecular flexibility index (Phi) is 4.92. The smallest absolute Gasteiger partial charge is 0.144 e.